The fourth-order valence-electron chi connectivity index (χ4n) is 1.36. The van der Waals surface area contributed by atoms with Gasteiger partial charge in [0.25, 0.3) is 0 Å². The zero-order chi connectivity index (χ0) is 10.7. The van der Waals surface area contributed by atoms with E-state index in [2.05, 4.69) is 31.2 Å². The fourth-order valence-corrected chi connectivity index (χ4v) is 1.72. The van der Waals surface area contributed by atoms with Gasteiger partial charge in [0.1, 0.15) is 12.1 Å². The van der Waals surface area contributed by atoms with E-state index in [4.69, 9.17) is 5.73 Å². The molecule has 0 bridgehead atoms. The quantitative estimate of drug-likeness (QED) is 0.889. The van der Waals surface area contributed by atoms with Gasteiger partial charge in [0, 0.05) is 22.9 Å². The lowest BCUT2D eigenvalue weighted by Crippen LogP contribution is -2.14. The van der Waals surface area contributed by atoms with Gasteiger partial charge in [-0.15, -0.1) is 0 Å². The molecule has 0 fully saturated rings. The molecular formula is C10H11BrN4. The highest BCUT2D eigenvalue weighted by atomic mass is 79.9. The van der Waals surface area contributed by atoms with Crippen molar-refractivity contribution >= 4 is 32.7 Å². The second kappa shape index (κ2) is 4.55. The van der Waals surface area contributed by atoms with E-state index in [1.807, 2.05) is 18.2 Å². The van der Waals surface area contributed by atoms with E-state index in [9.17, 15) is 0 Å². The van der Waals surface area contributed by atoms with Crippen molar-refractivity contribution in [1.29, 1.82) is 0 Å². The predicted molar refractivity (Wildman–Crippen MR) is 64.8 cm³/mol. The summed E-state index contributed by atoms with van der Waals surface area (Å²) in [5.41, 5.74) is 6.36. The van der Waals surface area contributed by atoms with Gasteiger partial charge >= 0.3 is 0 Å². The van der Waals surface area contributed by atoms with Gasteiger partial charge in [0.15, 0.2) is 0 Å². The molecule has 0 saturated carbocycles. The SMILES string of the molecule is NCCNc1ncnc2ccc(Br)cc12. The van der Waals surface area contributed by atoms with E-state index in [1.165, 1.54) is 0 Å². The van der Waals surface area contributed by atoms with Crippen LogP contribution in [0.5, 0.6) is 0 Å². The average molecular weight is 267 g/mol. The number of rotatable bonds is 3. The number of nitrogens with zero attached hydrogens (tertiary/aromatic N) is 2. The van der Waals surface area contributed by atoms with Crippen LogP contribution in [-0.4, -0.2) is 23.1 Å². The number of aromatic nitrogens is 2. The van der Waals surface area contributed by atoms with Crippen LogP contribution < -0.4 is 11.1 Å². The molecular weight excluding hydrogens is 256 g/mol. The summed E-state index contributed by atoms with van der Waals surface area (Å²) in [7, 11) is 0. The van der Waals surface area contributed by atoms with Gasteiger partial charge in [0.05, 0.1) is 5.52 Å². The number of hydrogen-bond donors (Lipinski definition) is 2. The van der Waals surface area contributed by atoms with Gasteiger partial charge in [-0.3, -0.25) is 0 Å². The minimum atomic E-state index is 0.583. The van der Waals surface area contributed by atoms with Crippen LogP contribution in [0.25, 0.3) is 10.9 Å². The second-order valence-electron chi connectivity index (χ2n) is 3.10. The maximum Gasteiger partial charge on any atom is 0.137 e. The number of hydrogen-bond acceptors (Lipinski definition) is 4. The molecule has 0 radical (unpaired) electrons. The molecule has 1 heterocycles. The Morgan fingerprint density at radius 2 is 2.20 bits per heavy atom. The third-order valence-corrected chi connectivity index (χ3v) is 2.53. The zero-order valence-corrected chi connectivity index (χ0v) is 9.66. The van der Waals surface area contributed by atoms with Gasteiger partial charge in [-0.25, -0.2) is 9.97 Å². The Kier molecular flexibility index (Phi) is 3.13. The number of nitrogens with one attached hydrogen (secondary N) is 1. The van der Waals surface area contributed by atoms with Crippen LogP contribution >= 0.6 is 15.9 Å². The van der Waals surface area contributed by atoms with Crippen LogP contribution in [0, 0.1) is 0 Å². The van der Waals surface area contributed by atoms with Crippen LogP contribution in [0.4, 0.5) is 5.82 Å². The van der Waals surface area contributed by atoms with Gasteiger partial charge in [-0.2, -0.15) is 0 Å². The smallest absolute Gasteiger partial charge is 0.137 e. The molecule has 0 aliphatic rings. The molecule has 1 aromatic heterocycles. The van der Waals surface area contributed by atoms with Gasteiger partial charge in [0.2, 0.25) is 0 Å². The van der Waals surface area contributed by atoms with E-state index in [0.29, 0.717) is 13.1 Å². The van der Waals surface area contributed by atoms with Crippen LogP contribution in [0.2, 0.25) is 0 Å². The van der Waals surface area contributed by atoms with Crippen molar-refractivity contribution in [3.63, 3.8) is 0 Å². The third-order valence-electron chi connectivity index (χ3n) is 2.03. The lowest BCUT2D eigenvalue weighted by Gasteiger charge is -2.06. The Hall–Kier alpha value is -1.20. The van der Waals surface area contributed by atoms with Crippen LogP contribution in [0.1, 0.15) is 0 Å². The van der Waals surface area contributed by atoms with E-state index in [0.717, 1.165) is 21.2 Å². The molecule has 0 saturated heterocycles. The minimum Gasteiger partial charge on any atom is -0.368 e. The number of nitrogens with two attached hydrogens (primary N) is 1. The first kappa shape index (κ1) is 10.3. The first-order valence-corrected chi connectivity index (χ1v) is 5.45. The standard InChI is InChI=1S/C10H11BrN4/c11-7-1-2-9-8(5-7)10(13-4-3-12)15-6-14-9/h1-2,5-6H,3-4,12H2,(H,13,14,15). The van der Waals surface area contributed by atoms with Crippen molar-refractivity contribution in [2.45, 2.75) is 0 Å². The maximum atomic E-state index is 5.44. The number of halogens is 1. The van der Waals surface area contributed by atoms with Crippen molar-refractivity contribution in [2.75, 3.05) is 18.4 Å². The molecule has 0 aliphatic heterocycles. The highest BCUT2D eigenvalue weighted by Gasteiger charge is 2.02. The lowest BCUT2D eigenvalue weighted by atomic mass is 10.2. The van der Waals surface area contributed by atoms with Gasteiger partial charge in [-0.1, -0.05) is 15.9 Å². The maximum absolute atomic E-state index is 5.44. The first-order valence-electron chi connectivity index (χ1n) is 4.65. The Labute approximate surface area is 96.0 Å². The molecule has 3 N–H and O–H groups in total. The molecule has 4 nitrogen and oxygen atoms in total. The summed E-state index contributed by atoms with van der Waals surface area (Å²) in [4.78, 5) is 8.37. The van der Waals surface area contributed by atoms with Crippen molar-refractivity contribution < 1.29 is 0 Å². The second-order valence-corrected chi connectivity index (χ2v) is 4.01. The van der Waals surface area contributed by atoms with E-state index in [1.54, 1.807) is 6.33 Å². The van der Waals surface area contributed by atoms with Crippen LogP contribution in [0.3, 0.4) is 0 Å². The fraction of sp³-hybridized carbons (Fsp3) is 0.200. The normalized spacial score (nSPS) is 10.5. The molecule has 0 amide bonds. The van der Waals surface area contributed by atoms with E-state index < -0.39 is 0 Å². The summed E-state index contributed by atoms with van der Waals surface area (Å²) < 4.78 is 1.01. The molecule has 2 aromatic rings. The van der Waals surface area contributed by atoms with Crippen LogP contribution in [0.15, 0.2) is 29.0 Å². The molecule has 78 valence electrons. The highest BCUT2D eigenvalue weighted by Crippen LogP contribution is 2.22. The Bertz CT molecular complexity index is 472. The first-order chi connectivity index (χ1) is 7.31. The molecule has 0 unspecified atom stereocenters. The summed E-state index contributed by atoms with van der Waals surface area (Å²) in [6.45, 7) is 1.29. The van der Waals surface area contributed by atoms with Gasteiger partial charge < -0.3 is 11.1 Å². The lowest BCUT2D eigenvalue weighted by molar-refractivity contribution is 1.01. The average Bonchev–Trinajstić information content (AvgIpc) is 2.26. The summed E-state index contributed by atoms with van der Waals surface area (Å²) in [6, 6.07) is 5.91. The summed E-state index contributed by atoms with van der Waals surface area (Å²) in [5.74, 6) is 0.826. The van der Waals surface area contributed by atoms with E-state index in [-0.39, 0.29) is 0 Å². The molecule has 2 rings (SSSR count). The molecule has 0 aliphatic carbocycles. The monoisotopic (exact) mass is 266 g/mol. The van der Waals surface area contributed by atoms with Crippen LogP contribution in [-0.2, 0) is 0 Å². The van der Waals surface area contributed by atoms with Crippen molar-refractivity contribution in [2.24, 2.45) is 5.73 Å². The largest absolute Gasteiger partial charge is 0.368 e. The Morgan fingerprint density at radius 3 is 3.00 bits per heavy atom. The topological polar surface area (TPSA) is 63.8 Å². The Balaban J connectivity index is 2.48. The summed E-state index contributed by atoms with van der Waals surface area (Å²) in [6.07, 6.45) is 1.55. The van der Waals surface area contributed by atoms with E-state index >= 15 is 0 Å². The highest BCUT2D eigenvalue weighted by molar-refractivity contribution is 9.10. The molecule has 5 heteroatoms. The van der Waals surface area contributed by atoms with Gasteiger partial charge in [-0.05, 0) is 18.2 Å². The van der Waals surface area contributed by atoms with Crippen molar-refractivity contribution in [3.05, 3.63) is 29.0 Å². The number of anilines is 1. The molecule has 15 heavy (non-hydrogen) atoms. The summed E-state index contributed by atoms with van der Waals surface area (Å²) in [5, 5.41) is 4.17. The third kappa shape index (κ3) is 2.24. The Morgan fingerprint density at radius 1 is 1.33 bits per heavy atom. The molecule has 1 aromatic carbocycles. The summed E-state index contributed by atoms with van der Waals surface area (Å²) >= 11 is 3.43. The zero-order valence-electron chi connectivity index (χ0n) is 8.07. The predicted octanol–water partition coefficient (Wildman–Crippen LogP) is 1.76. The minimum absolute atomic E-state index is 0.583. The number of benzene rings is 1. The van der Waals surface area contributed by atoms with Crippen molar-refractivity contribution in [1.82, 2.24) is 9.97 Å². The molecule has 0 atom stereocenters. The number of fused-ring (bicyclic) bond motifs is 1. The molecule has 0 spiro atoms. The van der Waals surface area contributed by atoms with Crippen molar-refractivity contribution in [3.8, 4) is 0 Å².